The summed E-state index contributed by atoms with van der Waals surface area (Å²) < 4.78 is 5.14. The summed E-state index contributed by atoms with van der Waals surface area (Å²) >= 11 is 6.04. The molecule has 2 aromatic rings. The number of benzene rings is 2. The normalized spacial score (nSPS) is 16.1. The van der Waals surface area contributed by atoms with E-state index in [1.807, 2.05) is 39.0 Å². The molecular weight excluding hydrogens is 392 g/mol. The number of nitrogens with zero attached hydrogens (tertiary/aromatic N) is 1. The van der Waals surface area contributed by atoms with Gasteiger partial charge in [0.2, 0.25) is 5.91 Å². The van der Waals surface area contributed by atoms with Gasteiger partial charge in [-0.05, 0) is 49.6 Å². The first-order valence-electron chi connectivity index (χ1n) is 9.35. The molecule has 1 aliphatic heterocycles. The lowest BCUT2D eigenvalue weighted by atomic mass is 10.1. The van der Waals surface area contributed by atoms with Crippen molar-refractivity contribution in [3.8, 4) is 0 Å². The molecule has 0 bridgehead atoms. The molecule has 3 rings (SSSR count). The Labute approximate surface area is 174 Å². The van der Waals surface area contributed by atoms with Crippen molar-refractivity contribution >= 4 is 40.8 Å². The fourth-order valence-electron chi connectivity index (χ4n) is 3.44. The van der Waals surface area contributed by atoms with E-state index in [9.17, 15) is 14.4 Å². The molecule has 1 heterocycles. The number of carbonyl (C=O) groups is 3. The van der Waals surface area contributed by atoms with Gasteiger partial charge in [-0.2, -0.15) is 0 Å². The van der Waals surface area contributed by atoms with Gasteiger partial charge in [0, 0.05) is 29.4 Å². The summed E-state index contributed by atoms with van der Waals surface area (Å²) in [6, 6.07) is 10.9. The quantitative estimate of drug-likeness (QED) is 0.755. The maximum absolute atomic E-state index is 12.5. The molecule has 1 aliphatic rings. The Morgan fingerprint density at radius 2 is 1.83 bits per heavy atom. The predicted molar refractivity (Wildman–Crippen MR) is 112 cm³/mol. The van der Waals surface area contributed by atoms with E-state index in [-0.39, 0.29) is 18.9 Å². The van der Waals surface area contributed by atoms with Crippen LogP contribution < -0.4 is 10.2 Å². The Hall–Kier alpha value is -2.86. The monoisotopic (exact) mass is 414 g/mol. The second-order valence-corrected chi connectivity index (χ2v) is 7.67. The van der Waals surface area contributed by atoms with Crippen molar-refractivity contribution in [1.82, 2.24) is 0 Å². The van der Waals surface area contributed by atoms with Crippen LogP contribution in [-0.2, 0) is 19.1 Å². The number of ether oxygens (including phenoxy) is 1. The maximum atomic E-state index is 12.5. The van der Waals surface area contributed by atoms with Gasteiger partial charge in [0.05, 0.1) is 5.92 Å². The molecule has 0 saturated carbocycles. The molecule has 0 radical (unpaired) electrons. The van der Waals surface area contributed by atoms with E-state index in [2.05, 4.69) is 5.32 Å². The van der Waals surface area contributed by atoms with E-state index in [1.165, 1.54) is 0 Å². The first kappa shape index (κ1) is 20.9. The van der Waals surface area contributed by atoms with Crippen LogP contribution in [0.25, 0.3) is 0 Å². The molecule has 1 atom stereocenters. The first-order valence-corrected chi connectivity index (χ1v) is 9.73. The van der Waals surface area contributed by atoms with Crippen molar-refractivity contribution in [3.63, 3.8) is 0 Å². The molecule has 0 spiro atoms. The van der Waals surface area contributed by atoms with Crippen LogP contribution in [-0.4, -0.2) is 30.9 Å². The molecule has 1 saturated heterocycles. The fourth-order valence-corrected chi connectivity index (χ4v) is 3.62. The second-order valence-electron chi connectivity index (χ2n) is 7.27. The van der Waals surface area contributed by atoms with Crippen LogP contribution in [0, 0.1) is 26.7 Å². The van der Waals surface area contributed by atoms with Gasteiger partial charge < -0.3 is 15.0 Å². The Balaban J connectivity index is 1.56. The summed E-state index contributed by atoms with van der Waals surface area (Å²) in [5.41, 5.74) is 4.21. The van der Waals surface area contributed by atoms with Gasteiger partial charge in [0.15, 0.2) is 6.61 Å². The number of carbonyl (C=O) groups excluding carboxylic acids is 3. The third kappa shape index (κ3) is 4.77. The Morgan fingerprint density at radius 1 is 1.14 bits per heavy atom. The van der Waals surface area contributed by atoms with Crippen molar-refractivity contribution in [2.24, 2.45) is 5.92 Å². The Kier molecular flexibility index (Phi) is 6.23. The molecule has 1 N–H and O–H groups in total. The highest BCUT2D eigenvalue weighted by Crippen LogP contribution is 2.31. The van der Waals surface area contributed by atoms with Crippen LogP contribution >= 0.6 is 11.6 Å². The standard InChI is InChI=1S/C22H23ClN2O4/c1-13-7-8-17(10-18(13)23)24-19(26)12-29-22(28)16-9-20(27)25(11-16)21-14(2)5-4-6-15(21)3/h4-8,10,16H,9,11-12H2,1-3H3,(H,24,26)/t16-/m0/s1. The lowest BCUT2D eigenvalue weighted by Crippen LogP contribution is -2.29. The van der Waals surface area contributed by atoms with Gasteiger partial charge in [-0.3, -0.25) is 14.4 Å². The number of amides is 2. The number of para-hydroxylation sites is 1. The van der Waals surface area contributed by atoms with Crippen molar-refractivity contribution in [2.45, 2.75) is 27.2 Å². The number of hydrogen-bond donors (Lipinski definition) is 1. The molecule has 0 aliphatic carbocycles. The largest absolute Gasteiger partial charge is 0.455 e. The van der Waals surface area contributed by atoms with E-state index in [4.69, 9.17) is 16.3 Å². The smallest absolute Gasteiger partial charge is 0.311 e. The van der Waals surface area contributed by atoms with E-state index < -0.39 is 24.4 Å². The molecular formula is C22H23ClN2O4. The van der Waals surface area contributed by atoms with Crippen LogP contribution in [0.2, 0.25) is 5.02 Å². The molecule has 7 heteroatoms. The summed E-state index contributed by atoms with van der Waals surface area (Å²) in [5.74, 6) is -1.73. The van der Waals surface area contributed by atoms with Gasteiger partial charge in [-0.15, -0.1) is 0 Å². The molecule has 2 amide bonds. The zero-order chi connectivity index (χ0) is 21.1. The summed E-state index contributed by atoms with van der Waals surface area (Å²) in [6.45, 7) is 5.56. The van der Waals surface area contributed by atoms with E-state index in [0.29, 0.717) is 10.7 Å². The number of esters is 1. The number of anilines is 2. The van der Waals surface area contributed by atoms with Crippen LogP contribution in [0.5, 0.6) is 0 Å². The highest BCUT2D eigenvalue weighted by molar-refractivity contribution is 6.31. The highest BCUT2D eigenvalue weighted by Gasteiger charge is 2.37. The predicted octanol–water partition coefficient (Wildman–Crippen LogP) is 3.80. The molecule has 29 heavy (non-hydrogen) atoms. The number of rotatable bonds is 5. The average Bonchev–Trinajstić information content (AvgIpc) is 3.04. The topological polar surface area (TPSA) is 75.7 Å². The Bertz CT molecular complexity index is 953. The van der Waals surface area contributed by atoms with Crippen LogP contribution in [0.4, 0.5) is 11.4 Å². The molecule has 1 fully saturated rings. The maximum Gasteiger partial charge on any atom is 0.311 e. The van der Waals surface area contributed by atoms with Crippen LogP contribution in [0.3, 0.4) is 0 Å². The third-order valence-electron chi connectivity index (χ3n) is 4.97. The van der Waals surface area contributed by atoms with Crippen molar-refractivity contribution in [3.05, 3.63) is 58.1 Å². The average molecular weight is 415 g/mol. The van der Waals surface area contributed by atoms with Gasteiger partial charge in [-0.1, -0.05) is 35.9 Å². The number of hydrogen-bond acceptors (Lipinski definition) is 4. The minimum Gasteiger partial charge on any atom is -0.455 e. The number of nitrogens with one attached hydrogen (secondary N) is 1. The first-order chi connectivity index (χ1) is 13.8. The SMILES string of the molecule is Cc1ccc(NC(=O)COC(=O)[C@H]2CC(=O)N(c3c(C)cccc3C)C2)cc1Cl. The highest BCUT2D eigenvalue weighted by atomic mass is 35.5. The summed E-state index contributed by atoms with van der Waals surface area (Å²) in [7, 11) is 0. The lowest BCUT2D eigenvalue weighted by molar-refractivity contribution is -0.151. The summed E-state index contributed by atoms with van der Waals surface area (Å²) in [5, 5.41) is 3.17. The summed E-state index contributed by atoms with van der Waals surface area (Å²) in [4.78, 5) is 38.5. The molecule has 0 aromatic heterocycles. The molecule has 6 nitrogen and oxygen atoms in total. The van der Waals surface area contributed by atoms with Gasteiger partial charge in [-0.25, -0.2) is 0 Å². The third-order valence-corrected chi connectivity index (χ3v) is 5.38. The van der Waals surface area contributed by atoms with Gasteiger partial charge in [0.1, 0.15) is 0 Å². The molecule has 0 unspecified atom stereocenters. The van der Waals surface area contributed by atoms with Gasteiger partial charge >= 0.3 is 5.97 Å². The molecule has 2 aromatic carbocycles. The van der Waals surface area contributed by atoms with Crippen LogP contribution in [0.15, 0.2) is 36.4 Å². The zero-order valence-electron chi connectivity index (χ0n) is 16.6. The minimum atomic E-state index is -0.594. The number of aryl methyl sites for hydroxylation is 3. The fraction of sp³-hybridized carbons (Fsp3) is 0.318. The van der Waals surface area contributed by atoms with Gasteiger partial charge in [0.25, 0.3) is 5.91 Å². The lowest BCUT2D eigenvalue weighted by Gasteiger charge is -2.21. The summed E-state index contributed by atoms with van der Waals surface area (Å²) in [6.07, 6.45) is 0.0712. The van der Waals surface area contributed by atoms with E-state index in [1.54, 1.807) is 23.1 Å². The Morgan fingerprint density at radius 3 is 2.48 bits per heavy atom. The van der Waals surface area contributed by atoms with Crippen LogP contribution in [0.1, 0.15) is 23.1 Å². The van der Waals surface area contributed by atoms with Crippen molar-refractivity contribution < 1.29 is 19.1 Å². The van der Waals surface area contributed by atoms with E-state index in [0.717, 1.165) is 22.4 Å². The zero-order valence-corrected chi connectivity index (χ0v) is 17.4. The van der Waals surface area contributed by atoms with Crippen molar-refractivity contribution in [2.75, 3.05) is 23.4 Å². The molecule has 152 valence electrons. The number of halogens is 1. The van der Waals surface area contributed by atoms with E-state index >= 15 is 0 Å². The van der Waals surface area contributed by atoms with Crippen molar-refractivity contribution in [1.29, 1.82) is 0 Å². The second kappa shape index (κ2) is 8.66. The minimum absolute atomic E-state index is 0.0712.